The van der Waals surface area contributed by atoms with Gasteiger partial charge in [-0.25, -0.2) is 8.42 Å². The van der Waals surface area contributed by atoms with E-state index in [0.29, 0.717) is 10.6 Å². The van der Waals surface area contributed by atoms with E-state index in [0.717, 1.165) is 16.7 Å². The maximum Gasteiger partial charge on any atom is 0.269 e. The molecule has 0 unspecified atom stereocenters. The molecule has 0 aliphatic carbocycles. The highest BCUT2D eigenvalue weighted by Gasteiger charge is 2.27. The molecule has 28 heavy (non-hydrogen) atoms. The quantitative estimate of drug-likeness (QED) is 0.469. The first-order valence-corrected chi connectivity index (χ1v) is 10.9. The number of hydrogen-bond acceptors (Lipinski definition) is 4. The molecule has 0 bridgehead atoms. The number of nitro benzene ring substituents is 1. The summed E-state index contributed by atoms with van der Waals surface area (Å²) in [5.74, 6) is 0.341. The van der Waals surface area contributed by atoms with E-state index in [4.69, 9.17) is 0 Å². The molecule has 0 aliphatic rings. The lowest BCUT2D eigenvalue weighted by molar-refractivity contribution is -0.384. The Balaban J connectivity index is 2.61. The van der Waals surface area contributed by atoms with E-state index >= 15 is 0 Å². The molecule has 0 amide bonds. The molecule has 152 valence electrons. The molecule has 2 rings (SSSR count). The summed E-state index contributed by atoms with van der Waals surface area (Å²) < 4.78 is 29.2. The third-order valence-corrected chi connectivity index (χ3v) is 6.19. The summed E-state index contributed by atoms with van der Waals surface area (Å²) in [6, 6.07) is 9.33. The SMILES string of the molecule is CC(C)c1cc(C(C)C)c(S(=O)(=O)Nc2ccc([N+](=O)[O-])cc2)c(C(C)C)c1. The number of nitrogens with zero attached hydrogens (tertiary/aromatic N) is 1. The average Bonchev–Trinajstić information content (AvgIpc) is 2.60. The van der Waals surface area contributed by atoms with Gasteiger partial charge >= 0.3 is 0 Å². The largest absolute Gasteiger partial charge is 0.280 e. The van der Waals surface area contributed by atoms with Crippen molar-refractivity contribution < 1.29 is 13.3 Å². The first kappa shape index (κ1) is 21.9. The van der Waals surface area contributed by atoms with Gasteiger partial charge in [-0.05, 0) is 46.6 Å². The van der Waals surface area contributed by atoms with Crippen LogP contribution in [0.15, 0.2) is 41.3 Å². The zero-order valence-corrected chi connectivity index (χ0v) is 18.0. The van der Waals surface area contributed by atoms with Crippen LogP contribution < -0.4 is 4.72 Å². The fourth-order valence-corrected chi connectivity index (χ4v) is 4.82. The maximum absolute atomic E-state index is 13.3. The molecule has 0 atom stereocenters. The zero-order chi connectivity index (χ0) is 21.2. The van der Waals surface area contributed by atoms with Crippen molar-refractivity contribution in [3.05, 3.63) is 63.2 Å². The monoisotopic (exact) mass is 404 g/mol. The van der Waals surface area contributed by atoms with Crippen molar-refractivity contribution in [2.75, 3.05) is 4.72 Å². The second-order valence-corrected chi connectivity index (χ2v) is 9.52. The van der Waals surface area contributed by atoms with E-state index in [1.54, 1.807) is 0 Å². The Morgan fingerprint density at radius 1 is 0.857 bits per heavy atom. The van der Waals surface area contributed by atoms with Crippen LogP contribution in [0.1, 0.15) is 76.0 Å². The van der Waals surface area contributed by atoms with Crippen LogP contribution in [0.4, 0.5) is 11.4 Å². The lowest BCUT2D eigenvalue weighted by Crippen LogP contribution is -2.19. The number of hydrogen-bond donors (Lipinski definition) is 1. The van der Waals surface area contributed by atoms with Crippen molar-refractivity contribution in [2.45, 2.75) is 64.2 Å². The van der Waals surface area contributed by atoms with Crippen LogP contribution in [0.3, 0.4) is 0 Å². The van der Waals surface area contributed by atoms with Gasteiger partial charge in [-0.1, -0.05) is 53.7 Å². The molecule has 0 fully saturated rings. The fourth-order valence-electron chi connectivity index (χ4n) is 3.06. The Bertz CT molecular complexity index is 933. The van der Waals surface area contributed by atoms with Gasteiger partial charge in [-0.3, -0.25) is 14.8 Å². The predicted molar refractivity (Wildman–Crippen MR) is 113 cm³/mol. The molecule has 7 heteroatoms. The molecule has 0 saturated carbocycles. The van der Waals surface area contributed by atoms with Gasteiger partial charge in [0.2, 0.25) is 0 Å². The van der Waals surface area contributed by atoms with E-state index in [1.807, 2.05) is 39.8 Å². The third-order valence-electron chi connectivity index (χ3n) is 4.68. The van der Waals surface area contributed by atoms with Crippen molar-refractivity contribution >= 4 is 21.4 Å². The molecule has 0 radical (unpaired) electrons. The minimum Gasteiger partial charge on any atom is -0.280 e. The summed E-state index contributed by atoms with van der Waals surface area (Å²) in [5, 5.41) is 10.8. The number of benzene rings is 2. The molecule has 2 aromatic carbocycles. The summed E-state index contributed by atoms with van der Waals surface area (Å²) in [6.07, 6.45) is 0. The van der Waals surface area contributed by atoms with Gasteiger partial charge in [0, 0.05) is 17.8 Å². The van der Waals surface area contributed by atoms with Crippen LogP contribution in [-0.4, -0.2) is 13.3 Å². The molecule has 2 aromatic rings. The van der Waals surface area contributed by atoms with Crippen LogP contribution in [0, 0.1) is 10.1 Å². The molecular formula is C21H28N2O4S. The van der Waals surface area contributed by atoms with Crippen LogP contribution in [0.2, 0.25) is 0 Å². The molecule has 6 nitrogen and oxygen atoms in total. The molecule has 1 N–H and O–H groups in total. The van der Waals surface area contributed by atoms with Crippen LogP contribution in [0.5, 0.6) is 0 Å². The summed E-state index contributed by atoms with van der Waals surface area (Å²) in [6.45, 7) is 12.1. The second-order valence-electron chi connectivity index (χ2n) is 7.90. The van der Waals surface area contributed by atoms with Crippen molar-refractivity contribution in [2.24, 2.45) is 0 Å². The van der Waals surface area contributed by atoms with Crippen molar-refractivity contribution in [3.8, 4) is 0 Å². The van der Waals surface area contributed by atoms with Gasteiger partial charge in [0.15, 0.2) is 0 Å². The minimum atomic E-state index is -3.86. The predicted octanol–water partition coefficient (Wildman–Crippen LogP) is 5.77. The Morgan fingerprint density at radius 2 is 1.32 bits per heavy atom. The summed E-state index contributed by atoms with van der Waals surface area (Å²) in [4.78, 5) is 10.6. The van der Waals surface area contributed by atoms with Gasteiger partial charge < -0.3 is 0 Å². The number of sulfonamides is 1. The number of nitro groups is 1. The van der Waals surface area contributed by atoms with Crippen LogP contribution in [0.25, 0.3) is 0 Å². The number of non-ortho nitro benzene ring substituents is 1. The van der Waals surface area contributed by atoms with E-state index in [2.05, 4.69) is 18.6 Å². The second kappa shape index (κ2) is 8.31. The maximum atomic E-state index is 13.3. The number of anilines is 1. The standard InChI is InChI=1S/C21H28N2O4S/c1-13(2)16-11-19(14(3)4)21(20(12-16)15(5)6)28(26,27)22-17-7-9-18(10-8-17)23(24)25/h7-15,22H,1-6H3. The highest BCUT2D eigenvalue weighted by atomic mass is 32.2. The third kappa shape index (κ3) is 4.70. The van der Waals surface area contributed by atoms with E-state index in [-0.39, 0.29) is 23.4 Å². The van der Waals surface area contributed by atoms with Crippen molar-refractivity contribution in [3.63, 3.8) is 0 Å². The van der Waals surface area contributed by atoms with Gasteiger partial charge in [0.1, 0.15) is 0 Å². The molecule has 0 heterocycles. The Labute approximate surface area is 167 Å². The first-order chi connectivity index (χ1) is 12.9. The fraction of sp³-hybridized carbons (Fsp3) is 0.429. The summed E-state index contributed by atoms with van der Waals surface area (Å²) >= 11 is 0. The normalized spacial score (nSPS) is 12.0. The molecule has 0 saturated heterocycles. The summed E-state index contributed by atoms with van der Waals surface area (Å²) in [5.41, 5.74) is 2.88. The van der Waals surface area contributed by atoms with Gasteiger partial charge in [0.05, 0.1) is 9.82 Å². The topological polar surface area (TPSA) is 89.3 Å². The van der Waals surface area contributed by atoms with Gasteiger partial charge in [-0.2, -0.15) is 0 Å². The lowest BCUT2D eigenvalue weighted by Gasteiger charge is -2.23. The van der Waals surface area contributed by atoms with Crippen molar-refractivity contribution in [1.29, 1.82) is 0 Å². The Hall–Kier alpha value is -2.41. The number of nitrogens with one attached hydrogen (secondary N) is 1. The molecule has 0 aromatic heterocycles. The van der Waals surface area contributed by atoms with Crippen molar-refractivity contribution in [1.82, 2.24) is 0 Å². The average molecular weight is 405 g/mol. The van der Waals surface area contributed by atoms with E-state index < -0.39 is 14.9 Å². The smallest absolute Gasteiger partial charge is 0.269 e. The van der Waals surface area contributed by atoms with E-state index in [1.165, 1.54) is 24.3 Å². The highest BCUT2D eigenvalue weighted by molar-refractivity contribution is 7.92. The zero-order valence-electron chi connectivity index (χ0n) is 17.2. The van der Waals surface area contributed by atoms with Crippen LogP contribution >= 0.6 is 0 Å². The molecular weight excluding hydrogens is 376 g/mol. The molecule has 0 spiro atoms. The van der Waals surface area contributed by atoms with Crippen LogP contribution in [-0.2, 0) is 10.0 Å². The van der Waals surface area contributed by atoms with Gasteiger partial charge in [0.25, 0.3) is 15.7 Å². The first-order valence-electron chi connectivity index (χ1n) is 9.39. The van der Waals surface area contributed by atoms with E-state index in [9.17, 15) is 18.5 Å². The Morgan fingerprint density at radius 3 is 1.68 bits per heavy atom. The number of rotatable bonds is 7. The summed E-state index contributed by atoms with van der Waals surface area (Å²) in [7, 11) is -3.86. The Kier molecular flexibility index (Phi) is 6.49. The molecule has 0 aliphatic heterocycles. The van der Waals surface area contributed by atoms with Gasteiger partial charge in [-0.15, -0.1) is 0 Å². The highest BCUT2D eigenvalue weighted by Crippen LogP contribution is 2.36. The lowest BCUT2D eigenvalue weighted by atomic mass is 9.89. The minimum absolute atomic E-state index is 0.0274.